The molecule has 0 spiro atoms. The Hall–Kier alpha value is -1.81. The highest BCUT2D eigenvalue weighted by Gasteiger charge is 2.47. The SMILES string of the molecule is O=C(Cc1coc2cc3c(cc12)CCC3)N[C@@H]1[C@H]2CC[C@@H](C2)[C@H]1CO. The Balaban J connectivity index is 1.33. The zero-order valence-corrected chi connectivity index (χ0v) is 14.5. The van der Waals surface area contributed by atoms with Crippen LogP contribution in [-0.2, 0) is 24.1 Å². The van der Waals surface area contributed by atoms with Gasteiger partial charge in [-0.15, -0.1) is 0 Å². The molecule has 3 aliphatic carbocycles. The Labute approximate surface area is 147 Å². The smallest absolute Gasteiger partial charge is 0.224 e. The van der Waals surface area contributed by atoms with Crippen molar-refractivity contribution in [3.8, 4) is 0 Å². The number of carbonyl (C=O) groups is 1. The summed E-state index contributed by atoms with van der Waals surface area (Å²) in [5.74, 6) is 1.44. The molecule has 0 unspecified atom stereocenters. The minimum atomic E-state index is 0.0548. The maximum atomic E-state index is 12.6. The van der Waals surface area contributed by atoms with Gasteiger partial charge >= 0.3 is 0 Å². The number of fused-ring (bicyclic) bond motifs is 4. The fraction of sp³-hybridized carbons (Fsp3) is 0.571. The van der Waals surface area contributed by atoms with E-state index < -0.39 is 0 Å². The Bertz CT molecular complexity index is 824. The third-order valence-corrected chi connectivity index (χ3v) is 6.85. The van der Waals surface area contributed by atoms with Crippen LogP contribution in [0.15, 0.2) is 22.8 Å². The van der Waals surface area contributed by atoms with Gasteiger partial charge in [-0.1, -0.05) is 0 Å². The quantitative estimate of drug-likeness (QED) is 0.900. The summed E-state index contributed by atoms with van der Waals surface area (Å²) < 4.78 is 5.72. The van der Waals surface area contributed by atoms with E-state index in [1.54, 1.807) is 6.26 Å². The van der Waals surface area contributed by atoms with Crippen LogP contribution in [0.2, 0.25) is 0 Å². The summed E-state index contributed by atoms with van der Waals surface area (Å²) in [5, 5.41) is 14.0. The molecule has 2 bridgehead atoms. The van der Waals surface area contributed by atoms with E-state index in [0.29, 0.717) is 18.3 Å². The summed E-state index contributed by atoms with van der Waals surface area (Å²) in [5.41, 5.74) is 4.68. The van der Waals surface area contributed by atoms with E-state index in [-0.39, 0.29) is 24.5 Å². The Morgan fingerprint density at radius 2 is 2.00 bits per heavy atom. The van der Waals surface area contributed by atoms with E-state index in [4.69, 9.17) is 4.42 Å². The molecule has 0 saturated heterocycles. The van der Waals surface area contributed by atoms with Crippen LogP contribution in [0.5, 0.6) is 0 Å². The summed E-state index contributed by atoms with van der Waals surface area (Å²) in [6.07, 6.45) is 9.13. The molecule has 3 aliphatic rings. The zero-order chi connectivity index (χ0) is 17.0. The molecule has 4 heteroatoms. The number of nitrogens with one attached hydrogen (secondary N) is 1. The molecule has 2 saturated carbocycles. The molecule has 0 aliphatic heterocycles. The third-order valence-electron chi connectivity index (χ3n) is 6.85. The molecule has 1 aromatic heterocycles. The first-order valence-electron chi connectivity index (χ1n) is 9.65. The lowest BCUT2D eigenvalue weighted by Crippen LogP contribution is -2.45. The summed E-state index contributed by atoms with van der Waals surface area (Å²) >= 11 is 0. The Morgan fingerprint density at radius 1 is 1.20 bits per heavy atom. The maximum absolute atomic E-state index is 12.6. The molecule has 2 N–H and O–H groups in total. The number of amides is 1. The molecule has 2 fully saturated rings. The van der Waals surface area contributed by atoms with Crippen LogP contribution < -0.4 is 5.32 Å². The predicted octanol–water partition coefficient (Wildman–Crippen LogP) is 2.99. The van der Waals surface area contributed by atoms with E-state index in [0.717, 1.165) is 35.8 Å². The number of carbonyl (C=O) groups excluding carboxylic acids is 1. The third kappa shape index (κ3) is 2.50. The summed E-state index contributed by atoms with van der Waals surface area (Å²) in [6.45, 7) is 0.187. The van der Waals surface area contributed by atoms with Gasteiger partial charge in [0.25, 0.3) is 0 Å². The minimum Gasteiger partial charge on any atom is -0.464 e. The molecular formula is C21H25NO3. The molecule has 1 amide bonds. The van der Waals surface area contributed by atoms with Gasteiger partial charge in [0.15, 0.2) is 0 Å². The average molecular weight is 339 g/mol. The molecule has 132 valence electrons. The molecular weight excluding hydrogens is 314 g/mol. The Kier molecular flexibility index (Phi) is 3.63. The molecule has 1 heterocycles. The van der Waals surface area contributed by atoms with E-state index in [2.05, 4.69) is 17.4 Å². The first-order valence-corrected chi connectivity index (χ1v) is 9.65. The second-order valence-electron chi connectivity index (χ2n) is 8.18. The van der Waals surface area contributed by atoms with Crippen LogP contribution in [0.4, 0.5) is 0 Å². The van der Waals surface area contributed by atoms with Gasteiger partial charge in [-0.05, 0) is 73.6 Å². The fourth-order valence-corrected chi connectivity index (χ4v) is 5.59. The van der Waals surface area contributed by atoms with Crippen molar-refractivity contribution in [1.29, 1.82) is 0 Å². The number of aliphatic hydroxyl groups excluding tert-OH is 1. The minimum absolute atomic E-state index is 0.0548. The second-order valence-corrected chi connectivity index (χ2v) is 8.18. The van der Waals surface area contributed by atoms with Crippen LogP contribution in [0.3, 0.4) is 0 Å². The van der Waals surface area contributed by atoms with Crippen LogP contribution in [0.25, 0.3) is 11.0 Å². The lowest BCUT2D eigenvalue weighted by atomic mass is 9.85. The number of aryl methyl sites for hydroxylation is 2. The summed E-state index contributed by atoms with van der Waals surface area (Å²) in [7, 11) is 0. The molecule has 5 rings (SSSR count). The van der Waals surface area contributed by atoms with Gasteiger partial charge in [0.2, 0.25) is 5.91 Å². The molecule has 25 heavy (non-hydrogen) atoms. The summed E-state index contributed by atoms with van der Waals surface area (Å²) in [4.78, 5) is 12.6. The van der Waals surface area contributed by atoms with Gasteiger partial charge in [-0.2, -0.15) is 0 Å². The van der Waals surface area contributed by atoms with Crippen molar-refractivity contribution in [1.82, 2.24) is 5.32 Å². The number of aliphatic hydroxyl groups is 1. The van der Waals surface area contributed by atoms with Crippen molar-refractivity contribution in [2.45, 2.75) is 51.0 Å². The zero-order valence-electron chi connectivity index (χ0n) is 14.5. The molecule has 4 atom stereocenters. The number of hydrogen-bond donors (Lipinski definition) is 2. The van der Waals surface area contributed by atoms with Gasteiger partial charge in [0, 0.05) is 29.5 Å². The maximum Gasteiger partial charge on any atom is 0.224 e. The largest absolute Gasteiger partial charge is 0.464 e. The molecule has 1 aromatic carbocycles. The number of furan rings is 1. The summed E-state index contributed by atoms with van der Waals surface area (Å²) in [6, 6.07) is 4.52. The van der Waals surface area contributed by atoms with Crippen molar-refractivity contribution < 1.29 is 14.3 Å². The van der Waals surface area contributed by atoms with Crippen LogP contribution >= 0.6 is 0 Å². The van der Waals surface area contributed by atoms with Crippen LogP contribution in [0, 0.1) is 17.8 Å². The lowest BCUT2D eigenvalue weighted by Gasteiger charge is -2.30. The second kappa shape index (κ2) is 5.87. The Morgan fingerprint density at radius 3 is 2.84 bits per heavy atom. The first-order chi connectivity index (χ1) is 12.2. The highest BCUT2D eigenvalue weighted by molar-refractivity contribution is 5.88. The van der Waals surface area contributed by atoms with Gasteiger partial charge < -0.3 is 14.8 Å². The van der Waals surface area contributed by atoms with Crippen molar-refractivity contribution in [3.63, 3.8) is 0 Å². The van der Waals surface area contributed by atoms with Gasteiger partial charge in [0.05, 0.1) is 12.7 Å². The van der Waals surface area contributed by atoms with Crippen LogP contribution in [0.1, 0.15) is 42.4 Å². The predicted molar refractivity (Wildman–Crippen MR) is 95.3 cm³/mol. The standard InChI is InChI=1S/C21H25NO3/c23-10-18-14-4-5-15(6-14)21(18)22-20(24)9-16-11-25-19-8-13-3-1-2-12(13)7-17(16)19/h7-8,11,14-15,18,21,23H,1-6,9-10H2,(H,22,24)/t14-,15-,18+,21+/m0/s1. The monoisotopic (exact) mass is 339 g/mol. The van der Waals surface area contributed by atoms with E-state index in [1.807, 2.05) is 0 Å². The normalized spacial score (nSPS) is 30.1. The highest BCUT2D eigenvalue weighted by Crippen LogP contribution is 2.48. The van der Waals surface area contributed by atoms with Crippen molar-refractivity contribution >= 4 is 16.9 Å². The van der Waals surface area contributed by atoms with Gasteiger partial charge in [0.1, 0.15) is 5.58 Å². The van der Waals surface area contributed by atoms with E-state index >= 15 is 0 Å². The lowest BCUT2D eigenvalue weighted by molar-refractivity contribution is -0.122. The fourth-order valence-electron chi connectivity index (χ4n) is 5.59. The topological polar surface area (TPSA) is 62.5 Å². The molecule has 0 radical (unpaired) electrons. The number of rotatable bonds is 4. The van der Waals surface area contributed by atoms with Crippen molar-refractivity contribution in [2.75, 3.05) is 6.61 Å². The first kappa shape index (κ1) is 15.4. The van der Waals surface area contributed by atoms with Crippen LogP contribution in [-0.4, -0.2) is 23.7 Å². The number of benzene rings is 1. The van der Waals surface area contributed by atoms with E-state index in [9.17, 15) is 9.90 Å². The molecule has 4 nitrogen and oxygen atoms in total. The number of hydrogen-bond acceptors (Lipinski definition) is 3. The van der Waals surface area contributed by atoms with Crippen molar-refractivity contribution in [2.24, 2.45) is 17.8 Å². The highest BCUT2D eigenvalue weighted by atomic mass is 16.3. The molecule has 2 aromatic rings. The average Bonchev–Trinajstić information content (AvgIpc) is 3.36. The van der Waals surface area contributed by atoms with E-state index in [1.165, 1.54) is 30.4 Å². The van der Waals surface area contributed by atoms with Crippen molar-refractivity contribution in [3.05, 3.63) is 35.1 Å². The van der Waals surface area contributed by atoms with Gasteiger partial charge in [-0.25, -0.2) is 0 Å². The van der Waals surface area contributed by atoms with Gasteiger partial charge in [-0.3, -0.25) is 4.79 Å².